The fourth-order valence-corrected chi connectivity index (χ4v) is 2.24. The highest BCUT2D eigenvalue weighted by atomic mass is 79.9. The number of halogens is 2. The number of hydrogen-bond donors (Lipinski definition) is 2. The first-order valence-corrected chi connectivity index (χ1v) is 7.81. The minimum Gasteiger partial charge on any atom is -0.352 e. The second-order valence-corrected chi connectivity index (χ2v) is 5.92. The molecule has 0 saturated carbocycles. The number of nitrogens with one attached hydrogen (secondary N) is 2. The molecule has 0 aromatic heterocycles. The Morgan fingerprint density at radius 3 is 2.50 bits per heavy atom. The highest BCUT2D eigenvalue weighted by molar-refractivity contribution is 9.10. The predicted octanol–water partition coefficient (Wildman–Crippen LogP) is 3.86. The quantitative estimate of drug-likeness (QED) is 0.826. The predicted molar refractivity (Wildman–Crippen MR) is 91.2 cm³/mol. The van der Waals surface area contributed by atoms with Crippen LogP contribution in [0.1, 0.15) is 16.8 Å². The zero-order chi connectivity index (χ0) is 15.9. The number of carbonyl (C=O) groups excluding carboxylic acids is 2. The summed E-state index contributed by atoms with van der Waals surface area (Å²) in [5, 5.41) is 5.98. The lowest BCUT2D eigenvalue weighted by Gasteiger charge is -2.07. The van der Waals surface area contributed by atoms with Crippen LogP contribution in [0.15, 0.2) is 53.0 Å². The molecule has 0 aliphatic heterocycles. The van der Waals surface area contributed by atoms with E-state index in [1.165, 1.54) is 0 Å². The topological polar surface area (TPSA) is 58.2 Å². The molecule has 2 aromatic carbocycles. The summed E-state index contributed by atoms with van der Waals surface area (Å²) < 4.78 is 0.907. The minimum atomic E-state index is -0.206. The van der Waals surface area contributed by atoms with E-state index in [4.69, 9.17) is 11.6 Å². The molecule has 0 atom stereocenters. The molecule has 0 aliphatic rings. The van der Waals surface area contributed by atoms with E-state index in [9.17, 15) is 9.59 Å². The maximum atomic E-state index is 11.9. The van der Waals surface area contributed by atoms with Gasteiger partial charge in [0.2, 0.25) is 5.91 Å². The number of benzene rings is 2. The molecule has 2 rings (SSSR count). The molecular formula is C16H14BrClN2O2. The molecule has 0 radical (unpaired) electrons. The Labute approximate surface area is 142 Å². The van der Waals surface area contributed by atoms with Crippen molar-refractivity contribution in [1.29, 1.82) is 0 Å². The normalized spacial score (nSPS) is 10.1. The third-order valence-corrected chi connectivity index (χ3v) is 3.62. The highest BCUT2D eigenvalue weighted by Crippen LogP contribution is 2.15. The molecule has 0 fully saturated rings. The smallest absolute Gasteiger partial charge is 0.251 e. The van der Waals surface area contributed by atoms with Gasteiger partial charge in [0, 0.05) is 33.7 Å². The van der Waals surface area contributed by atoms with Crippen molar-refractivity contribution < 1.29 is 9.59 Å². The van der Waals surface area contributed by atoms with Crippen LogP contribution >= 0.6 is 27.5 Å². The van der Waals surface area contributed by atoms with Crippen molar-refractivity contribution in [2.24, 2.45) is 0 Å². The van der Waals surface area contributed by atoms with E-state index in [0.29, 0.717) is 16.3 Å². The monoisotopic (exact) mass is 380 g/mol. The molecule has 6 heteroatoms. The summed E-state index contributed by atoms with van der Waals surface area (Å²) in [6, 6.07) is 13.9. The van der Waals surface area contributed by atoms with Crippen molar-refractivity contribution in [3.63, 3.8) is 0 Å². The fourth-order valence-electron chi connectivity index (χ4n) is 1.78. The van der Waals surface area contributed by atoms with Gasteiger partial charge in [0.25, 0.3) is 5.91 Å². The van der Waals surface area contributed by atoms with Gasteiger partial charge in [-0.25, -0.2) is 0 Å². The van der Waals surface area contributed by atoms with Crippen LogP contribution in [-0.2, 0) is 4.79 Å². The van der Waals surface area contributed by atoms with Gasteiger partial charge < -0.3 is 10.6 Å². The lowest BCUT2D eigenvalue weighted by atomic mass is 10.2. The molecule has 22 heavy (non-hydrogen) atoms. The number of carbonyl (C=O) groups is 2. The summed E-state index contributed by atoms with van der Waals surface area (Å²) in [7, 11) is 0. The maximum Gasteiger partial charge on any atom is 0.251 e. The van der Waals surface area contributed by atoms with Crippen molar-refractivity contribution in [3.05, 3.63) is 63.6 Å². The first-order valence-electron chi connectivity index (χ1n) is 6.64. The molecule has 4 nitrogen and oxygen atoms in total. The van der Waals surface area contributed by atoms with Crippen LogP contribution in [-0.4, -0.2) is 18.4 Å². The van der Waals surface area contributed by atoms with E-state index in [2.05, 4.69) is 26.6 Å². The van der Waals surface area contributed by atoms with Crippen LogP contribution in [0.25, 0.3) is 0 Å². The first-order chi connectivity index (χ1) is 10.5. The summed E-state index contributed by atoms with van der Waals surface area (Å²) in [5.41, 5.74) is 1.19. The summed E-state index contributed by atoms with van der Waals surface area (Å²) in [6.07, 6.45) is 0.189. The molecule has 2 aromatic rings. The van der Waals surface area contributed by atoms with Gasteiger partial charge >= 0.3 is 0 Å². The standard InChI is InChI=1S/C16H14BrClN2O2/c17-12-6-4-11(5-7-12)16(22)19-9-8-15(21)20-14-3-1-2-13(18)10-14/h1-7,10H,8-9H2,(H,19,22)(H,20,21). The molecule has 0 bridgehead atoms. The van der Waals surface area contributed by atoms with Gasteiger partial charge in [-0.15, -0.1) is 0 Å². The Hall–Kier alpha value is -1.85. The van der Waals surface area contributed by atoms with E-state index in [-0.39, 0.29) is 24.8 Å². The van der Waals surface area contributed by atoms with Crippen molar-refractivity contribution in [2.45, 2.75) is 6.42 Å². The molecule has 0 heterocycles. The Morgan fingerprint density at radius 1 is 1.09 bits per heavy atom. The Balaban J connectivity index is 1.77. The van der Waals surface area contributed by atoms with E-state index in [1.807, 2.05) is 0 Å². The molecular weight excluding hydrogens is 368 g/mol. The molecule has 0 spiro atoms. The largest absolute Gasteiger partial charge is 0.352 e. The fraction of sp³-hybridized carbons (Fsp3) is 0.125. The molecule has 114 valence electrons. The van der Waals surface area contributed by atoms with Crippen LogP contribution < -0.4 is 10.6 Å². The van der Waals surface area contributed by atoms with Crippen LogP contribution in [0.4, 0.5) is 5.69 Å². The van der Waals surface area contributed by atoms with Gasteiger partial charge in [0.1, 0.15) is 0 Å². The summed E-state index contributed by atoms with van der Waals surface area (Å²) >= 11 is 9.15. The molecule has 2 amide bonds. The summed E-state index contributed by atoms with van der Waals surface area (Å²) in [5.74, 6) is -0.388. The average Bonchev–Trinajstić information content (AvgIpc) is 2.47. The van der Waals surface area contributed by atoms with Crippen molar-refractivity contribution in [1.82, 2.24) is 5.32 Å². The zero-order valence-electron chi connectivity index (χ0n) is 11.6. The van der Waals surface area contributed by atoms with Crippen molar-refractivity contribution in [3.8, 4) is 0 Å². The van der Waals surface area contributed by atoms with Crippen LogP contribution in [0, 0.1) is 0 Å². The molecule has 2 N–H and O–H groups in total. The maximum absolute atomic E-state index is 11.9. The van der Waals surface area contributed by atoms with Gasteiger partial charge in [-0.1, -0.05) is 33.6 Å². The third kappa shape index (κ3) is 5.16. The molecule has 0 saturated heterocycles. The van der Waals surface area contributed by atoms with Crippen LogP contribution in [0.5, 0.6) is 0 Å². The van der Waals surface area contributed by atoms with Crippen LogP contribution in [0.2, 0.25) is 5.02 Å². The van der Waals surface area contributed by atoms with Crippen LogP contribution in [0.3, 0.4) is 0 Å². The first kappa shape index (κ1) is 16.5. The van der Waals surface area contributed by atoms with Gasteiger partial charge in [-0.2, -0.15) is 0 Å². The number of rotatable bonds is 5. The van der Waals surface area contributed by atoms with Crippen molar-refractivity contribution >= 4 is 45.0 Å². The number of hydrogen-bond acceptors (Lipinski definition) is 2. The zero-order valence-corrected chi connectivity index (χ0v) is 13.9. The average molecular weight is 382 g/mol. The molecule has 0 aliphatic carbocycles. The van der Waals surface area contributed by atoms with E-state index in [1.54, 1.807) is 48.5 Å². The SMILES string of the molecule is O=C(CCNC(=O)c1ccc(Br)cc1)Nc1cccc(Cl)c1. The summed E-state index contributed by atoms with van der Waals surface area (Å²) in [6.45, 7) is 0.265. The molecule has 0 unspecified atom stereocenters. The Kier molecular flexibility index (Phi) is 5.98. The number of amides is 2. The number of anilines is 1. The lowest BCUT2D eigenvalue weighted by molar-refractivity contribution is -0.116. The Morgan fingerprint density at radius 2 is 1.82 bits per heavy atom. The van der Waals surface area contributed by atoms with Gasteiger partial charge in [-0.3, -0.25) is 9.59 Å². The highest BCUT2D eigenvalue weighted by Gasteiger charge is 2.07. The lowest BCUT2D eigenvalue weighted by Crippen LogP contribution is -2.27. The Bertz CT molecular complexity index is 674. The van der Waals surface area contributed by atoms with Crippen molar-refractivity contribution in [2.75, 3.05) is 11.9 Å². The second kappa shape index (κ2) is 7.96. The van der Waals surface area contributed by atoms with Gasteiger partial charge in [-0.05, 0) is 42.5 Å². The third-order valence-electron chi connectivity index (χ3n) is 2.85. The van der Waals surface area contributed by atoms with E-state index >= 15 is 0 Å². The van der Waals surface area contributed by atoms with Gasteiger partial charge in [0.15, 0.2) is 0 Å². The van der Waals surface area contributed by atoms with Gasteiger partial charge in [0.05, 0.1) is 0 Å². The van der Waals surface area contributed by atoms with E-state index in [0.717, 1.165) is 4.47 Å². The summed E-state index contributed by atoms with van der Waals surface area (Å²) in [4.78, 5) is 23.6. The van der Waals surface area contributed by atoms with E-state index < -0.39 is 0 Å². The minimum absolute atomic E-state index is 0.182. The second-order valence-electron chi connectivity index (χ2n) is 4.57.